The van der Waals surface area contributed by atoms with Crippen LogP contribution in [-0.4, -0.2) is 24.1 Å². The smallest absolute Gasteiger partial charge is 0.338 e. The van der Waals surface area contributed by atoms with Crippen LogP contribution >= 0.6 is 0 Å². The first kappa shape index (κ1) is 21.7. The number of benzene rings is 2. The van der Waals surface area contributed by atoms with Gasteiger partial charge in [0.25, 0.3) is 0 Å². The third-order valence-electron chi connectivity index (χ3n) is 4.68. The number of esters is 2. The van der Waals surface area contributed by atoms with Gasteiger partial charge in [0.15, 0.2) is 0 Å². The molecule has 0 bridgehead atoms. The molecule has 4 heteroatoms. The Morgan fingerprint density at radius 1 is 0.786 bits per heavy atom. The van der Waals surface area contributed by atoms with Gasteiger partial charge in [-0.25, -0.2) is 9.59 Å². The first-order valence-corrected chi connectivity index (χ1v) is 9.70. The molecule has 0 fully saturated rings. The Morgan fingerprint density at radius 2 is 1.21 bits per heavy atom. The summed E-state index contributed by atoms with van der Waals surface area (Å²) in [5.41, 5.74) is 0.734. The van der Waals surface area contributed by atoms with Crippen molar-refractivity contribution in [2.75, 3.05) is 0 Å². The van der Waals surface area contributed by atoms with E-state index in [1.165, 1.54) is 0 Å². The van der Waals surface area contributed by atoms with E-state index in [1.54, 1.807) is 48.5 Å². The van der Waals surface area contributed by atoms with E-state index >= 15 is 0 Å². The Hall–Kier alpha value is -2.62. The standard InChI is InChI=1S/C24H30O4/c1-17(2)20(27-22(25)18-12-8-6-9-13-18)16-21(24(3,4)5)28-23(26)19-14-10-7-11-15-19/h6-15,17,20-21H,16H2,1-5H3. The van der Waals surface area contributed by atoms with Gasteiger partial charge in [0, 0.05) is 6.42 Å². The first-order chi connectivity index (χ1) is 13.2. The van der Waals surface area contributed by atoms with Gasteiger partial charge in [0.05, 0.1) is 11.1 Å². The van der Waals surface area contributed by atoms with Crippen molar-refractivity contribution in [1.82, 2.24) is 0 Å². The lowest BCUT2D eigenvalue weighted by Gasteiger charge is -2.34. The Morgan fingerprint density at radius 3 is 1.61 bits per heavy atom. The summed E-state index contributed by atoms with van der Waals surface area (Å²) in [5, 5.41) is 0. The summed E-state index contributed by atoms with van der Waals surface area (Å²) >= 11 is 0. The lowest BCUT2D eigenvalue weighted by molar-refractivity contribution is -0.0399. The molecule has 150 valence electrons. The van der Waals surface area contributed by atoms with Crippen LogP contribution in [0.5, 0.6) is 0 Å². The van der Waals surface area contributed by atoms with E-state index in [-0.39, 0.29) is 29.4 Å². The molecular weight excluding hydrogens is 352 g/mol. The number of rotatable bonds is 7. The second kappa shape index (κ2) is 9.54. The summed E-state index contributed by atoms with van der Waals surface area (Å²) in [5.74, 6) is -0.633. The molecule has 0 aliphatic heterocycles. The molecule has 0 aliphatic carbocycles. The van der Waals surface area contributed by atoms with Gasteiger partial charge in [-0.3, -0.25) is 0 Å². The molecule has 0 radical (unpaired) electrons. The fraction of sp³-hybridized carbons (Fsp3) is 0.417. The minimum Gasteiger partial charge on any atom is -0.458 e. The predicted molar refractivity (Wildman–Crippen MR) is 110 cm³/mol. The number of carbonyl (C=O) groups is 2. The van der Waals surface area contributed by atoms with Crippen LogP contribution < -0.4 is 0 Å². The van der Waals surface area contributed by atoms with Crippen molar-refractivity contribution in [2.45, 2.75) is 53.2 Å². The highest BCUT2D eigenvalue weighted by Gasteiger charge is 2.34. The van der Waals surface area contributed by atoms with E-state index in [1.807, 2.05) is 46.8 Å². The van der Waals surface area contributed by atoms with Crippen molar-refractivity contribution in [1.29, 1.82) is 0 Å². The molecule has 0 amide bonds. The van der Waals surface area contributed by atoms with Gasteiger partial charge >= 0.3 is 11.9 Å². The van der Waals surface area contributed by atoms with E-state index in [2.05, 4.69) is 0 Å². The molecule has 0 N–H and O–H groups in total. The summed E-state index contributed by atoms with van der Waals surface area (Å²) in [4.78, 5) is 25.1. The van der Waals surface area contributed by atoms with Gasteiger partial charge < -0.3 is 9.47 Å². The lowest BCUT2D eigenvalue weighted by Crippen LogP contribution is -2.38. The van der Waals surface area contributed by atoms with Crippen molar-refractivity contribution >= 4 is 11.9 Å². The van der Waals surface area contributed by atoms with Crippen LogP contribution in [0.3, 0.4) is 0 Å². The third-order valence-corrected chi connectivity index (χ3v) is 4.68. The van der Waals surface area contributed by atoms with Gasteiger partial charge in [-0.05, 0) is 35.6 Å². The van der Waals surface area contributed by atoms with E-state index in [9.17, 15) is 9.59 Å². The average Bonchev–Trinajstić information content (AvgIpc) is 2.67. The van der Waals surface area contributed by atoms with Gasteiger partial charge in [0.2, 0.25) is 0 Å². The van der Waals surface area contributed by atoms with Crippen LogP contribution in [0.25, 0.3) is 0 Å². The quantitative estimate of drug-likeness (QED) is 0.591. The highest BCUT2D eigenvalue weighted by Crippen LogP contribution is 2.30. The molecule has 2 aromatic carbocycles. The largest absolute Gasteiger partial charge is 0.458 e. The SMILES string of the molecule is CC(C)C(CC(OC(=O)c1ccccc1)C(C)(C)C)OC(=O)c1ccccc1. The minimum atomic E-state index is -0.392. The predicted octanol–water partition coefficient (Wildman–Crippen LogP) is 5.53. The fourth-order valence-corrected chi connectivity index (χ4v) is 2.80. The van der Waals surface area contributed by atoms with Gasteiger partial charge in [-0.2, -0.15) is 0 Å². The van der Waals surface area contributed by atoms with E-state index in [0.29, 0.717) is 17.5 Å². The monoisotopic (exact) mass is 382 g/mol. The molecule has 2 atom stereocenters. The topological polar surface area (TPSA) is 52.6 Å². The number of ether oxygens (including phenoxy) is 2. The lowest BCUT2D eigenvalue weighted by atomic mass is 9.83. The van der Waals surface area contributed by atoms with Crippen LogP contribution in [0, 0.1) is 11.3 Å². The van der Waals surface area contributed by atoms with Crippen molar-refractivity contribution in [3.8, 4) is 0 Å². The molecule has 0 saturated carbocycles. The summed E-state index contributed by atoms with van der Waals surface area (Å²) in [6.07, 6.45) is -0.310. The molecule has 0 spiro atoms. The number of hydrogen-bond acceptors (Lipinski definition) is 4. The zero-order valence-corrected chi connectivity index (χ0v) is 17.3. The normalized spacial score (nSPS) is 13.6. The Kier molecular flexibility index (Phi) is 7.38. The molecule has 0 aromatic heterocycles. The molecule has 28 heavy (non-hydrogen) atoms. The molecule has 0 heterocycles. The van der Waals surface area contributed by atoms with Crippen molar-refractivity contribution in [3.63, 3.8) is 0 Å². The molecule has 0 aliphatic rings. The average molecular weight is 383 g/mol. The fourth-order valence-electron chi connectivity index (χ4n) is 2.80. The van der Waals surface area contributed by atoms with Crippen LogP contribution in [0.4, 0.5) is 0 Å². The molecule has 0 saturated heterocycles. The molecule has 2 rings (SSSR count). The zero-order chi connectivity index (χ0) is 20.7. The van der Waals surface area contributed by atoms with Gasteiger partial charge in [-0.1, -0.05) is 71.0 Å². The Balaban J connectivity index is 2.13. The maximum absolute atomic E-state index is 12.6. The molecule has 2 unspecified atom stereocenters. The van der Waals surface area contributed by atoms with E-state index < -0.39 is 6.10 Å². The van der Waals surface area contributed by atoms with Crippen molar-refractivity contribution < 1.29 is 19.1 Å². The molecule has 2 aromatic rings. The highest BCUT2D eigenvalue weighted by molar-refractivity contribution is 5.90. The number of hydrogen-bond donors (Lipinski definition) is 0. The third kappa shape index (κ3) is 6.22. The molecule has 4 nitrogen and oxygen atoms in total. The van der Waals surface area contributed by atoms with Crippen LogP contribution in [0.1, 0.15) is 61.8 Å². The maximum atomic E-state index is 12.6. The summed E-state index contributed by atoms with van der Waals surface area (Å²) in [6.45, 7) is 10.1. The summed E-state index contributed by atoms with van der Waals surface area (Å²) in [6, 6.07) is 17.9. The van der Waals surface area contributed by atoms with Gasteiger partial charge in [0.1, 0.15) is 12.2 Å². The van der Waals surface area contributed by atoms with Crippen LogP contribution in [-0.2, 0) is 9.47 Å². The minimum absolute atomic E-state index is 0.0907. The Bertz CT molecular complexity index is 760. The van der Waals surface area contributed by atoms with Crippen LogP contribution in [0.15, 0.2) is 60.7 Å². The number of carbonyl (C=O) groups excluding carboxylic acids is 2. The summed E-state index contributed by atoms with van der Waals surface area (Å²) < 4.78 is 11.6. The van der Waals surface area contributed by atoms with E-state index in [0.717, 1.165) is 0 Å². The summed E-state index contributed by atoms with van der Waals surface area (Å²) in [7, 11) is 0. The van der Waals surface area contributed by atoms with Crippen molar-refractivity contribution in [3.05, 3.63) is 71.8 Å². The zero-order valence-electron chi connectivity index (χ0n) is 17.3. The van der Waals surface area contributed by atoms with Crippen molar-refractivity contribution in [2.24, 2.45) is 11.3 Å². The second-order valence-corrected chi connectivity index (χ2v) is 8.42. The van der Waals surface area contributed by atoms with Gasteiger partial charge in [-0.15, -0.1) is 0 Å². The Labute approximate surface area is 167 Å². The first-order valence-electron chi connectivity index (χ1n) is 9.70. The maximum Gasteiger partial charge on any atom is 0.338 e. The molecular formula is C24H30O4. The van der Waals surface area contributed by atoms with E-state index in [4.69, 9.17) is 9.47 Å². The van der Waals surface area contributed by atoms with Crippen LogP contribution in [0.2, 0.25) is 0 Å². The second-order valence-electron chi connectivity index (χ2n) is 8.42. The highest BCUT2D eigenvalue weighted by atomic mass is 16.6.